The molecule has 6 nitrogen and oxygen atoms in total. The van der Waals surface area contributed by atoms with E-state index < -0.39 is 70.0 Å². The van der Waals surface area contributed by atoms with E-state index in [1.807, 2.05) is 0 Å². The largest absolute Gasteiger partial charge is 0.542 e. The lowest BCUT2D eigenvalue weighted by atomic mass is 9.98. The molecule has 0 aliphatic heterocycles. The van der Waals surface area contributed by atoms with Crippen LogP contribution in [0, 0.1) is 0 Å². The van der Waals surface area contributed by atoms with Crippen molar-refractivity contribution in [2.75, 3.05) is 0 Å². The predicted molar refractivity (Wildman–Crippen MR) is 152 cm³/mol. The van der Waals surface area contributed by atoms with Crippen LogP contribution in [0.4, 0.5) is 26.3 Å². The van der Waals surface area contributed by atoms with Gasteiger partial charge in [-0.1, -0.05) is 0 Å². The number of Topliss-reactive ketones (excluding diaryl/α,β-unsaturated/α-hetero) is 2. The number of rotatable bonds is 12. The summed E-state index contributed by atoms with van der Waals surface area (Å²) in [5, 5.41) is 0. The Labute approximate surface area is 236 Å². The van der Waals surface area contributed by atoms with E-state index in [0.717, 1.165) is 0 Å². The molecule has 0 atom stereocenters. The molecule has 0 bridgehead atoms. The lowest BCUT2D eigenvalue weighted by molar-refractivity contribution is -0.170. The van der Waals surface area contributed by atoms with E-state index in [9.17, 15) is 35.9 Å². The van der Waals surface area contributed by atoms with Gasteiger partial charge in [-0.3, -0.25) is 9.59 Å². The zero-order valence-electron chi connectivity index (χ0n) is 25.1. The zero-order valence-corrected chi connectivity index (χ0v) is 29.1. The van der Waals surface area contributed by atoms with Crippen molar-refractivity contribution in [3.8, 4) is 23.0 Å². The quantitative estimate of drug-likeness (QED) is 0.169. The second-order valence-electron chi connectivity index (χ2n) is 13.3. The molecule has 0 radical (unpaired) electrons. The molecule has 230 valence electrons. The van der Waals surface area contributed by atoms with Crippen molar-refractivity contribution in [3.05, 3.63) is 11.1 Å². The molecule has 1 aromatic rings. The third-order valence-electron chi connectivity index (χ3n) is 4.45. The van der Waals surface area contributed by atoms with Crippen molar-refractivity contribution < 1.29 is 53.6 Å². The van der Waals surface area contributed by atoms with Crippen LogP contribution in [0.3, 0.4) is 0 Å². The number of hydrogen-bond donors (Lipinski definition) is 0. The number of alkyl halides is 6. The first-order valence-electron chi connectivity index (χ1n) is 12.6. The summed E-state index contributed by atoms with van der Waals surface area (Å²) in [5.74, 6) is -5.49. The number of halogens is 6. The summed E-state index contributed by atoms with van der Waals surface area (Å²) in [5.41, 5.74) is -0.645. The molecule has 0 aliphatic rings. The fraction of sp³-hybridized carbons (Fsp3) is 0.667. The maximum Gasteiger partial charge on any atom is 0.450 e. The normalized spacial score (nSPS) is 13.7. The van der Waals surface area contributed by atoms with Gasteiger partial charge in [-0.25, -0.2) is 0 Å². The van der Waals surface area contributed by atoms with Crippen LogP contribution >= 0.6 is 0 Å². The Bertz CT molecular complexity index is 964. The van der Waals surface area contributed by atoms with Gasteiger partial charge < -0.3 is 17.7 Å². The molecule has 1 rings (SSSR count). The summed E-state index contributed by atoms with van der Waals surface area (Å²) in [6, 6.07) is 0. The lowest BCUT2D eigenvalue weighted by Gasteiger charge is -2.35. The van der Waals surface area contributed by atoms with Gasteiger partial charge in [0, 0.05) is 24.0 Å². The van der Waals surface area contributed by atoms with Gasteiger partial charge in [-0.2, -0.15) is 26.3 Å². The van der Waals surface area contributed by atoms with Gasteiger partial charge in [0.25, 0.3) is 0 Å². The number of carbonyl (C=O) groups excluding carboxylic acids is 2. The second kappa shape index (κ2) is 11.8. The standard InChI is InChI=1S/C24H40F6O6Si4/c1-37(2,3)33-19-15(13-17(31)23(25,26)27)21(35-39(7,8)9)22(36-40(10,11)12)16(14-18(32)24(28,29)30)20(19)34-38(4,5)6/h13-14H2,1-12H3. The Balaban J connectivity index is 4.54. The van der Waals surface area contributed by atoms with Gasteiger partial charge in [0.05, 0.1) is 0 Å². The molecule has 40 heavy (non-hydrogen) atoms. The van der Waals surface area contributed by atoms with Crippen LogP contribution < -0.4 is 17.7 Å². The molecule has 0 aromatic heterocycles. The first-order valence-corrected chi connectivity index (χ1v) is 26.2. The van der Waals surface area contributed by atoms with Gasteiger partial charge in [0.2, 0.25) is 44.8 Å². The molecule has 0 spiro atoms. The zero-order chi connectivity index (χ0) is 31.9. The average Bonchev–Trinajstić information content (AvgIpc) is 2.64. The maximum absolute atomic E-state index is 13.6. The van der Waals surface area contributed by atoms with E-state index in [0.29, 0.717) is 0 Å². The van der Waals surface area contributed by atoms with Crippen LogP contribution in [0.1, 0.15) is 11.1 Å². The van der Waals surface area contributed by atoms with E-state index in [1.165, 1.54) is 0 Å². The molecule has 16 heteroatoms. The van der Waals surface area contributed by atoms with Gasteiger partial charge in [0.15, 0.2) is 23.0 Å². The number of carbonyl (C=O) groups is 2. The molecule has 0 aliphatic carbocycles. The smallest absolute Gasteiger partial charge is 0.450 e. The maximum atomic E-state index is 13.6. The van der Waals surface area contributed by atoms with E-state index in [-0.39, 0.29) is 34.1 Å². The first-order chi connectivity index (χ1) is 17.4. The first kappa shape index (κ1) is 36.2. The highest BCUT2D eigenvalue weighted by molar-refractivity contribution is 6.72. The Morgan fingerprint density at radius 2 is 0.650 bits per heavy atom. The summed E-state index contributed by atoms with van der Waals surface area (Å²) >= 11 is 0. The summed E-state index contributed by atoms with van der Waals surface area (Å²) in [4.78, 5) is 24.8. The minimum atomic E-state index is -5.21. The van der Waals surface area contributed by atoms with Crippen molar-refractivity contribution in [1.82, 2.24) is 0 Å². The van der Waals surface area contributed by atoms with Gasteiger partial charge in [0.1, 0.15) is 0 Å². The molecule has 0 fully saturated rings. The minimum absolute atomic E-state index is 0.319. The van der Waals surface area contributed by atoms with Crippen molar-refractivity contribution in [3.63, 3.8) is 0 Å². The summed E-state index contributed by atoms with van der Waals surface area (Å²) in [6.07, 6.45) is -12.9. The fourth-order valence-electron chi connectivity index (χ4n) is 3.25. The van der Waals surface area contributed by atoms with E-state index in [4.69, 9.17) is 17.7 Å². The molecule has 0 saturated heterocycles. The van der Waals surface area contributed by atoms with Gasteiger partial charge in [-0.15, -0.1) is 0 Å². The average molecular weight is 651 g/mol. The Hall–Kier alpha value is -1.79. The SMILES string of the molecule is C[Si](C)(C)Oc1c(CC(=O)C(F)(F)F)c(O[Si](C)(C)C)c(O[Si](C)(C)C)c(CC(=O)C(F)(F)F)c1O[Si](C)(C)C. The molecule has 0 heterocycles. The number of hydrogen-bond acceptors (Lipinski definition) is 6. The summed E-state index contributed by atoms with van der Waals surface area (Å²) in [6.45, 7) is 20.6. The number of ketones is 2. The highest BCUT2D eigenvalue weighted by Crippen LogP contribution is 2.53. The van der Waals surface area contributed by atoms with Crippen LogP contribution in [0.5, 0.6) is 23.0 Å². The van der Waals surface area contributed by atoms with Crippen molar-refractivity contribution >= 4 is 44.8 Å². The molecule has 0 saturated carbocycles. The second-order valence-corrected chi connectivity index (χ2v) is 31.0. The molecule has 0 N–H and O–H groups in total. The van der Waals surface area contributed by atoms with Gasteiger partial charge >= 0.3 is 12.4 Å². The van der Waals surface area contributed by atoms with E-state index in [2.05, 4.69) is 0 Å². The van der Waals surface area contributed by atoms with Crippen molar-refractivity contribution in [1.29, 1.82) is 0 Å². The van der Waals surface area contributed by atoms with Crippen LogP contribution in [0.15, 0.2) is 0 Å². The highest BCUT2D eigenvalue weighted by Gasteiger charge is 2.45. The van der Waals surface area contributed by atoms with Crippen LogP contribution in [-0.4, -0.2) is 57.2 Å². The molecule has 0 unspecified atom stereocenters. The summed E-state index contributed by atoms with van der Waals surface area (Å²) in [7, 11) is -10.9. The third-order valence-corrected chi connectivity index (χ3v) is 7.71. The molecular formula is C24H40F6O6Si4. The Kier molecular flexibility index (Phi) is 10.7. The van der Waals surface area contributed by atoms with Crippen LogP contribution in [0.2, 0.25) is 78.6 Å². The summed E-state index contributed by atoms with van der Waals surface area (Å²) < 4.78 is 106. The highest BCUT2D eigenvalue weighted by atomic mass is 28.4. The minimum Gasteiger partial charge on any atom is -0.542 e. The fourth-order valence-corrected chi connectivity index (χ4v) is 6.57. The van der Waals surface area contributed by atoms with Crippen LogP contribution in [-0.2, 0) is 22.4 Å². The number of benzene rings is 1. The molecular weight excluding hydrogens is 611 g/mol. The molecule has 0 amide bonds. The Morgan fingerprint density at radius 3 is 0.775 bits per heavy atom. The third kappa shape index (κ3) is 11.6. The van der Waals surface area contributed by atoms with E-state index >= 15 is 0 Å². The Morgan fingerprint density at radius 1 is 0.475 bits per heavy atom. The topological polar surface area (TPSA) is 71.1 Å². The van der Waals surface area contributed by atoms with E-state index in [1.54, 1.807) is 78.6 Å². The predicted octanol–water partition coefficient (Wildman–Crippen LogP) is 7.89. The monoisotopic (exact) mass is 650 g/mol. The van der Waals surface area contributed by atoms with Crippen molar-refractivity contribution in [2.24, 2.45) is 0 Å². The van der Waals surface area contributed by atoms with Gasteiger partial charge in [-0.05, 0) is 78.6 Å². The van der Waals surface area contributed by atoms with Crippen LogP contribution in [0.25, 0.3) is 0 Å². The lowest BCUT2D eigenvalue weighted by Crippen LogP contribution is -2.37. The van der Waals surface area contributed by atoms with Crippen molar-refractivity contribution in [2.45, 2.75) is 104 Å². The molecule has 1 aromatic carbocycles.